The highest BCUT2D eigenvalue weighted by Crippen LogP contribution is 2.21. The first kappa shape index (κ1) is 13.4. The molecule has 0 radical (unpaired) electrons. The molecule has 5 nitrogen and oxygen atoms in total. The van der Waals surface area contributed by atoms with Gasteiger partial charge in [0.15, 0.2) is 5.13 Å². The number of anilines is 2. The monoisotopic (exact) mass is 277 g/mol. The third-order valence-electron chi connectivity index (χ3n) is 2.59. The zero-order chi connectivity index (χ0) is 13.8. The number of hydrogen-bond acceptors (Lipinski definition) is 5. The van der Waals surface area contributed by atoms with Crippen molar-refractivity contribution < 1.29 is 9.53 Å². The topological polar surface area (TPSA) is 77.2 Å². The summed E-state index contributed by atoms with van der Waals surface area (Å²) in [5.74, 6) is 0.681. The van der Waals surface area contributed by atoms with E-state index in [4.69, 9.17) is 10.5 Å². The van der Waals surface area contributed by atoms with Crippen LogP contribution in [-0.2, 0) is 11.2 Å². The highest BCUT2D eigenvalue weighted by molar-refractivity contribution is 7.13. The highest BCUT2D eigenvalue weighted by Gasteiger charge is 2.08. The molecule has 0 saturated carbocycles. The number of methoxy groups -OCH3 is 1. The third kappa shape index (κ3) is 3.45. The number of thiazole rings is 1. The molecule has 0 aliphatic heterocycles. The predicted octanol–water partition coefficient (Wildman–Crippen LogP) is 2.22. The van der Waals surface area contributed by atoms with Gasteiger partial charge >= 0.3 is 0 Å². The Morgan fingerprint density at radius 1 is 1.53 bits per heavy atom. The smallest absolute Gasteiger partial charge is 0.230 e. The molecule has 1 heterocycles. The molecule has 19 heavy (non-hydrogen) atoms. The van der Waals surface area contributed by atoms with Crippen molar-refractivity contribution in [1.29, 1.82) is 0 Å². The van der Waals surface area contributed by atoms with Crippen LogP contribution in [0.5, 0.6) is 5.75 Å². The molecule has 0 saturated heterocycles. The molecule has 0 atom stereocenters. The number of rotatable bonds is 4. The van der Waals surface area contributed by atoms with E-state index in [9.17, 15) is 4.79 Å². The maximum Gasteiger partial charge on any atom is 0.230 e. The van der Waals surface area contributed by atoms with Crippen LogP contribution in [0.3, 0.4) is 0 Å². The van der Waals surface area contributed by atoms with Crippen molar-refractivity contribution in [3.8, 4) is 5.75 Å². The van der Waals surface area contributed by atoms with E-state index in [1.807, 2.05) is 19.1 Å². The SMILES string of the molecule is COc1ccc(NC(=O)Cc2csc(N)n2)cc1C. The lowest BCUT2D eigenvalue weighted by atomic mass is 10.2. The van der Waals surface area contributed by atoms with Gasteiger partial charge < -0.3 is 15.8 Å². The maximum atomic E-state index is 11.8. The summed E-state index contributed by atoms with van der Waals surface area (Å²) in [4.78, 5) is 15.9. The number of aromatic nitrogens is 1. The van der Waals surface area contributed by atoms with Gasteiger partial charge in [0.2, 0.25) is 5.91 Å². The van der Waals surface area contributed by atoms with Crippen LogP contribution >= 0.6 is 11.3 Å². The Morgan fingerprint density at radius 2 is 2.32 bits per heavy atom. The van der Waals surface area contributed by atoms with Gasteiger partial charge in [-0.05, 0) is 30.7 Å². The summed E-state index contributed by atoms with van der Waals surface area (Å²) in [7, 11) is 1.62. The van der Waals surface area contributed by atoms with Crippen molar-refractivity contribution in [2.45, 2.75) is 13.3 Å². The number of nitrogen functional groups attached to an aromatic ring is 1. The average molecular weight is 277 g/mol. The number of nitrogens with one attached hydrogen (secondary N) is 1. The summed E-state index contributed by atoms with van der Waals surface area (Å²) < 4.78 is 5.17. The van der Waals surface area contributed by atoms with Crippen molar-refractivity contribution >= 4 is 28.1 Å². The summed E-state index contributed by atoms with van der Waals surface area (Å²) in [6.07, 6.45) is 0.221. The van der Waals surface area contributed by atoms with E-state index in [0.717, 1.165) is 17.0 Å². The summed E-state index contributed by atoms with van der Waals surface area (Å²) in [5.41, 5.74) is 7.92. The Bertz CT molecular complexity index is 595. The zero-order valence-electron chi connectivity index (χ0n) is 10.8. The fourth-order valence-corrected chi connectivity index (χ4v) is 2.29. The average Bonchev–Trinajstić information content (AvgIpc) is 2.74. The number of nitrogens with two attached hydrogens (primary N) is 1. The molecule has 1 amide bonds. The molecular weight excluding hydrogens is 262 g/mol. The molecule has 0 aliphatic carbocycles. The number of carbonyl (C=O) groups is 1. The maximum absolute atomic E-state index is 11.8. The van der Waals surface area contributed by atoms with Crippen molar-refractivity contribution in [3.63, 3.8) is 0 Å². The van der Waals surface area contributed by atoms with E-state index in [1.54, 1.807) is 18.6 Å². The first-order valence-electron chi connectivity index (χ1n) is 5.73. The minimum absolute atomic E-state index is 0.116. The van der Waals surface area contributed by atoms with E-state index in [1.165, 1.54) is 11.3 Å². The van der Waals surface area contributed by atoms with Gasteiger partial charge in [-0.1, -0.05) is 0 Å². The molecule has 0 fully saturated rings. The second kappa shape index (κ2) is 5.71. The number of hydrogen-bond donors (Lipinski definition) is 2. The lowest BCUT2D eigenvalue weighted by Crippen LogP contribution is -2.14. The van der Waals surface area contributed by atoms with Crippen LogP contribution in [0, 0.1) is 6.92 Å². The largest absolute Gasteiger partial charge is 0.496 e. The van der Waals surface area contributed by atoms with E-state index in [2.05, 4.69) is 10.3 Å². The van der Waals surface area contributed by atoms with Crippen LogP contribution in [0.2, 0.25) is 0 Å². The Balaban J connectivity index is 2.00. The Labute approximate surface area is 115 Å². The molecule has 100 valence electrons. The lowest BCUT2D eigenvalue weighted by Gasteiger charge is -2.08. The van der Waals surface area contributed by atoms with Crippen LogP contribution < -0.4 is 15.8 Å². The van der Waals surface area contributed by atoms with Crippen LogP contribution in [0.15, 0.2) is 23.6 Å². The summed E-state index contributed by atoms with van der Waals surface area (Å²) in [5, 5.41) is 5.08. The third-order valence-corrected chi connectivity index (χ3v) is 3.31. The minimum Gasteiger partial charge on any atom is -0.496 e. The summed E-state index contributed by atoms with van der Waals surface area (Å²) in [6.45, 7) is 1.93. The highest BCUT2D eigenvalue weighted by atomic mass is 32.1. The number of carbonyl (C=O) groups excluding carboxylic acids is 1. The molecule has 6 heteroatoms. The van der Waals surface area contributed by atoms with Crippen LogP contribution in [-0.4, -0.2) is 18.0 Å². The summed E-state index contributed by atoms with van der Waals surface area (Å²) in [6, 6.07) is 5.50. The van der Waals surface area contributed by atoms with Gasteiger partial charge in [0.05, 0.1) is 19.2 Å². The molecule has 2 rings (SSSR count). The van der Waals surface area contributed by atoms with Gasteiger partial charge in [0, 0.05) is 11.1 Å². The minimum atomic E-state index is -0.116. The fourth-order valence-electron chi connectivity index (χ4n) is 1.73. The number of aryl methyl sites for hydroxylation is 1. The van der Waals surface area contributed by atoms with Gasteiger partial charge in [-0.2, -0.15) is 0 Å². The van der Waals surface area contributed by atoms with Gasteiger partial charge in [-0.15, -0.1) is 11.3 Å². The number of ether oxygens (including phenoxy) is 1. The molecule has 0 unspecified atom stereocenters. The predicted molar refractivity (Wildman–Crippen MR) is 76.6 cm³/mol. The van der Waals surface area contributed by atoms with Crippen LogP contribution in [0.1, 0.15) is 11.3 Å². The van der Waals surface area contributed by atoms with Gasteiger partial charge in [-0.3, -0.25) is 4.79 Å². The van der Waals surface area contributed by atoms with E-state index < -0.39 is 0 Å². The molecular formula is C13H15N3O2S. The standard InChI is InChI=1S/C13H15N3O2S/c1-8-5-9(3-4-11(8)18-2)15-12(17)6-10-7-19-13(14)16-10/h3-5,7H,6H2,1-2H3,(H2,14,16)(H,15,17). The lowest BCUT2D eigenvalue weighted by molar-refractivity contribution is -0.115. The van der Waals surface area contributed by atoms with Crippen molar-refractivity contribution in [2.75, 3.05) is 18.2 Å². The molecule has 0 bridgehead atoms. The molecule has 2 aromatic rings. The van der Waals surface area contributed by atoms with Crippen molar-refractivity contribution in [2.24, 2.45) is 0 Å². The number of nitrogens with zero attached hydrogens (tertiary/aromatic N) is 1. The van der Waals surface area contributed by atoms with Gasteiger partial charge in [0.25, 0.3) is 0 Å². The quantitative estimate of drug-likeness (QED) is 0.898. The zero-order valence-corrected chi connectivity index (χ0v) is 11.6. The van der Waals surface area contributed by atoms with E-state index >= 15 is 0 Å². The van der Waals surface area contributed by atoms with E-state index in [0.29, 0.717) is 10.8 Å². The molecule has 0 aliphatic rings. The first-order chi connectivity index (χ1) is 9.08. The van der Waals surface area contributed by atoms with Crippen LogP contribution in [0.4, 0.5) is 10.8 Å². The number of amides is 1. The Morgan fingerprint density at radius 3 is 2.89 bits per heavy atom. The molecule has 3 N–H and O–H groups in total. The number of benzene rings is 1. The summed E-state index contributed by atoms with van der Waals surface area (Å²) >= 11 is 1.33. The van der Waals surface area contributed by atoms with Gasteiger partial charge in [0.1, 0.15) is 5.75 Å². The molecule has 1 aromatic carbocycles. The molecule has 1 aromatic heterocycles. The second-order valence-corrected chi connectivity index (χ2v) is 4.98. The van der Waals surface area contributed by atoms with Gasteiger partial charge in [-0.25, -0.2) is 4.98 Å². The normalized spacial score (nSPS) is 10.2. The Kier molecular flexibility index (Phi) is 4.01. The fraction of sp³-hybridized carbons (Fsp3) is 0.231. The molecule has 0 spiro atoms. The van der Waals surface area contributed by atoms with E-state index in [-0.39, 0.29) is 12.3 Å². The van der Waals surface area contributed by atoms with Crippen molar-refractivity contribution in [1.82, 2.24) is 4.98 Å². The van der Waals surface area contributed by atoms with Crippen molar-refractivity contribution in [3.05, 3.63) is 34.8 Å². The van der Waals surface area contributed by atoms with Crippen LogP contribution in [0.25, 0.3) is 0 Å². The first-order valence-corrected chi connectivity index (χ1v) is 6.61. The second-order valence-electron chi connectivity index (χ2n) is 4.09. The Hall–Kier alpha value is -2.08.